The number of carbonyl (C=O) groups excluding carboxylic acids is 1. The van der Waals surface area contributed by atoms with Crippen LogP contribution in [0.5, 0.6) is 0 Å². The van der Waals surface area contributed by atoms with E-state index in [2.05, 4.69) is 4.98 Å². The van der Waals surface area contributed by atoms with Gasteiger partial charge in [-0.2, -0.15) is 0 Å². The van der Waals surface area contributed by atoms with Crippen molar-refractivity contribution in [1.82, 2.24) is 4.98 Å². The first-order valence-corrected chi connectivity index (χ1v) is 5.48. The second kappa shape index (κ2) is 6.32. The summed E-state index contributed by atoms with van der Waals surface area (Å²) in [7, 11) is 0. The first kappa shape index (κ1) is 13.6. The lowest BCUT2D eigenvalue weighted by Crippen LogP contribution is -2.23. The number of aryl methyl sites for hydroxylation is 1. The molecule has 0 saturated heterocycles. The molecule has 5 heteroatoms. The Morgan fingerprint density at radius 1 is 1.47 bits per heavy atom. The van der Waals surface area contributed by atoms with E-state index in [0.29, 0.717) is 5.56 Å². The average Bonchev–Trinajstić information content (AvgIpc) is 2.28. The maximum absolute atomic E-state index is 11.1. The highest BCUT2D eigenvalue weighted by Crippen LogP contribution is 2.19. The van der Waals surface area contributed by atoms with Crippen molar-refractivity contribution in [3.8, 4) is 0 Å². The number of rotatable bonds is 5. The molecular weight excluding hydrogens is 222 g/mol. The lowest BCUT2D eigenvalue weighted by molar-refractivity contribution is -0.147. The molecule has 0 aliphatic carbocycles. The van der Waals surface area contributed by atoms with Crippen LogP contribution in [0.4, 0.5) is 0 Å². The molecule has 0 radical (unpaired) electrons. The van der Waals surface area contributed by atoms with Gasteiger partial charge in [0.05, 0.1) is 19.1 Å². The Bertz CT molecular complexity index is 381. The SMILES string of the molecule is CCOC(=O)CC(O)C(O)c1cncc(C)c1. The van der Waals surface area contributed by atoms with E-state index in [1.54, 1.807) is 19.2 Å². The van der Waals surface area contributed by atoms with Crippen molar-refractivity contribution >= 4 is 5.97 Å². The van der Waals surface area contributed by atoms with Gasteiger partial charge in [-0.05, 0) is 19.4 Å². The second-order valence-electron chi connectivity index (χ2n) is 3.82. The van der Waals surface area contributed by atoms with Crippen LogP contribution in [0.3, 0.4) is 0 Å². The molecule has 0 saturated carbocycles. The lowest BCUT2D eigenvalue weighted by Gasteiger charge is -2.17. The molecule has 17 heavy (non-hydrogen) atoms. The highest BCUT2D eigenvalue weighted by atomic mass is 16.5. The molecule has 2 atom stereocenters. The van der Waals surface area contributed by atoms with Crippen molar-refractivity contribution in [2.24, 2.45) is 0 Å². The molecule has 0 amide bonds. The van der Waals surface area contributed by atoms with E-state index in [1.165, 1.54) is 6.20 Å². The Hall–Kier alpha value is -1.46. The zero-order valence-corrected chi connectivity index (χ0v) is 9.96. The van der Waals surface area contributed by atoms with Crippen LogP contribution in [0.15, 0.2) is 18.5 Å². The molecule has 0 aliphatic heterocycles. The third-order valence-corrected chi connectivity index (χ3v) is 2.28. The van der Waals surface area contributed by atoms with Crippen LogP contribution in [0.2, 0.25) is 0 Å². The summed E-state index contributed by atoms with van der Waals surface area (Å²) in [6, 6.07) is 1.71. The highest BCUT2D eigenvalue weighted by Gasteiger charge is 2.22. The molecule has 0 aromatic carbocycles. The quantitative estimate of drug-likeness (QED) is 0.741. The number of ether oxygens (including phenoxy) is 1. The summed E-state index contributed by atoms with van der Waals surface area (Å²) in [4.78, 5) is 15.1. The summed E-state index contributed by atoms with van der Waals surface area (Å²) in [5.41, 5.74) is 1.37. The number of esters is 1. The van der Waals surface area contributed by atoms with Gasteiger partial charge < -0.3 is 14.9 Å². The Morgan fingerprint density at radius 3 is 2.76 bits per heavy atom. The van der Waals surface area contributed by atoms with Crippen LogP contribution in [0, 0.1) is 6.92 Å². The highest BCUT2D eigenvalue weighted by molar-refractivity contribution is 5.70. The van der Waals surface area contributed by atoms with E-state index in [9.17, 15) is 15.0 Å². The summed E-state index contributed by atoms with van der Waals surface area (Å²) >= 11 is 0. The molecule has 5 nitrogen and oxygen atoms in total. The van der Waals surface area contributed by atoms with E-state index >= 15 is 0 Å². The minimum atomic E-state index is -1.18. The fourth-order valence-corrected chi connectivity index (χ4v) is 1.46. The first-order valence-electron chi connectivity index (χ1n) is 5.48. The van der Waals surface area contributed by atoms with Gasteiger partial charge in [0.25, 0.3) is 0 Å². The molecule has 0 bridgehead atoms. The summed E-state index contributed by atoms with van der Waals surface area (Å²) < 4.78 is 4.70. The third kappa shape index (κ3) is 4.13. The van der Waals surface area contributed by atoms with Crippen LogP contribution in [-0.2, 0) is 9.53 Å². The molecule has 94 valence electrons. The van der Waals surface area contributed by atoms with E-state index in [1.807, 2.05) is 6.92 Å². The van der Waals surface area contributed by atoms with Crippen LogP contribution >= 0.6 is 0 Å². The van der Waals surface area contributed by atoms with Crippen LogP contribution in [0.25, 0.3) is 0 Å². The van der Waals surface area contributed by atoms with Gasteiger partial charge in [-0.15, -0.1) is 0 Å². The topological polar surface area (TPSA) is 79.7 Å². The second-order valence-corrected chi connectivity index (χ2v) is 3.82. The fourth-order valence-electron chi connectivity index (χ4n) is 1.46. The molecule has 0 spiro atoms. The van der Waals surface area contributed by atoms with E-state index in [-0.39, 0.29) is 13.0 Å². The molecule has 1 aromatic rings. The minimum absolute atomic E-state index is 0.233. The predicted molar refractivity (Wildman–Crippen MR) is 61.2 cm³/mol. The number of carbonyl (C=O) groups is 1. The Balaban J connectivity index is 2.63. The largest absolute Gasteiger partial charge is 0.466 e. The maximum Gasteiger partial charge on any atom is 0.308 e. The molecule has 2 N–H and O–H groups in total. The van der Waals surface area contributed by atoms with Gasteiger partial charge in [-0.25, -0.2) is 0 Å². The monoisotopic (exact) mass is 239 g/mol. The first-order chi connectivity index (χ1) is 8.04. The van der Waals surface area contributed by atoms with Gasteiger partial charge >= 0.3 is 5.97 Å². The number of hydrogen-bond donors (Lipinski definition) is 2. The number of pyridine rings is 1. The predicted octanol–water partition coefficient (Wildman–Crippen LogP) is 0.738. The molecule has 1 aromatic heterocycles. The van der Waals surface area contributed by atoms with Gasteiger partial charge in [0.2, 0.25) is 0 Å². The average molecular weight is 239 g/mol. The van der Waals surface area contributed by atoms with Crippen molar-refractivity contribution in [3.63, 3.8) is 0 Å². The molecular formula is C12H17NO4. The minimum Gasteiger partial charge on any atom is -0.466 e. The number of nitrogens with zero attached hydrogens (tertiary/aromatic N) is 1. The van der Waals surface area contributed by atoms with Crippen molar-refractivity contribution < 1.29 is 19.7 Å². The summed E-state index contributed by atoms with van der Waals surface area (Å²) in [6.45, 7) is 3.78. The Labute approximate surface area is 100 Å². The number of hydrogen-bond acceptors (Lipinski definition) is 5. The normalized spacial score (nSPS) is 14.1. The van der Waals surface area contributed by atoms with Crippen LogP contribution < -0.4 is 0 Å². The standard InChI is InChI=1S/C12H17NO4/c1-3-17-11(15)5-10(14)12(16)9-4-8(2)6-13-7-9/h4,6-7,10,12,14,16H,3,5H2,1-2H3. The van der Waals surface area contributed by atoms with E-state index in [0.717, 1.165) is 5.56 Å². The van der Waals surface area contributed by atoms with Crippen molar-refractivity contribution in [2.75, 3.05) is 6.61 Å². The lowest BCUT2D eigenvalue weighted by atomic mass is 10.0. The van der Waals surface area contributed by atoms with Crippen LogP contribution in [-0.4, -0.2) is 33.9 Å². The Morgan fingerprint density at radius 2 is 2.18 bits per heavy atom. The number of aliphatic hydroxyl groups excluding tert-OH is 2. The number of aliphatic hydroxyl groups is 2. The zero-order valence-electron chi connectivity index (χ0n) is 9.96. The summed E-state index contributed by atoms with van der Waals surface area (Å²) in [6.07, 6.45) is 0.563. The maximum atomic E-state index is 11.1. The van der Waals surface area contributed by atoms with Gasteiger partial charge in [-0.1, -0.05) is 6.07 Å². The molecule has 1 heterocycles. The third-order valence-electron chi connectivity index (χ3n) is 2.28. The van der Waals surface area contributed by atoms with E-state index < -0.39 is 18.2 Å². The van der Waals surface area contributed by atoms with E-state index in [4.69, 9.17) is 4.74 Å². The van der Waals surface area contributed by atoms with Gasteiger partial charge in [0, 0.05) is 18.0 Å². The zero-order chi connectivity index (χ0) is 12.8. The summed E-state index contributed by atoms with van der Waals surface area (Å²) in [5, 5.41) is 19.5. The van der Waals surface area contributed by atoms with Crippen molar-refractivity contribution in [2.45, 2.75) is 32.5 Å². The fraction of sp³-hybridized carbons (Fsp3) is 0.500. The van der Waals surface area contributed by atoms with Crippen molar-refractivity contribution in [1.29, 1.82) is 0 Å². The summed E-state index contributed by atoms with van der Waals surface area (Å²) in [5.74, 6) is -0.528. The smallest absolute Gasteiger partial charge is 0.308 e. The molecule has 2 unspecified atom stereocenters. The van der Waals surface area contributed by atoms with Gasteiger partial charge in [0.15, 0.2) is 0 Å². The van der Waals surface area contributed by atoms with Crippen molar-refractivity contribution in [3.05, 3.63) is 29.6 Å². The molecule has 0 fully saturated rings. The van der Waals surface area contributed by atoms with Gasteiger partial charge in [-0.3, -0.25) is 9.78 Å². The number of aromatic nitrogens is 1. The van der Waals surface area contributed by atoms with Crippen LogP contribution in [0.1, 0.15) is 30.6 Å². The van der Waals surface area contributed by atoms with Gasteiger partial charge in [0.1, 0.15) is 6.10 Å². The Kier molecular flexibility index (Phi) is 5.06. The molecule has 1 rings (SSSR count). The molecule has 0 aliphatic rings.